The lowest BCUT2D eigenvalue weighted by Crippen LogP contribution is -1.96. The summed E-state index contributed by atoms with van der Waals surface area (Å²) in [5.74, 6) is 0.617. The highest BCUT2D eigenvalue weighted by Gasteiger charge is 2.08. The largest absolute Gasteiger partial charge is 0.315 e. The van der Waals surface area contributed by atoms with Gasteiger partial charge in [-0.25, -0.2) is 9.97 Å². The minimum atomic E-state index is 0.213. The minimum absolute atomic E-state index is 0.213. The Kier molecular flexibility index (Phi) is 3.41. The third-order valence-corrected chi connectivity index (χ3v) is 4.27. The first kappa shape index (κ1) is 12.5. The van der Waals surface area contributed by atoms with E-state index in [4.69, 9.17) is 11.6 Å². The fraction of sp³-hybridized carbons (Fsp3) is 0.0909. The molecule has 0 spiro atoms. The molecular weight excluding hydrogens is 302 g/mol. The number of aryl methyl sites for hydroxylation is 1. The molecule has 0 radical (unpaired) electrons. The topological polar surface area (TPSA) is 63.6 Å². The Morgan fingerprint density at radius 2 is 2.16 bits per heavy atom. The van der Waals surface area contributed by atoms with E-state index in [1.807, 2.05) is 24.4 Å². The molecule has 0 saturated carbocycles. The number of nitrogens with zero attached hydrogens (tertiary/aromatic N) is 4. The Morgan fingerprint density at radius 3 is 2.89 bits per heavy atom. The number of hydrogen-bond donors (Lipinski definition) is 1. The molecule has 19 heavy (non-hydrogen) atoms. The highest BCUT2D eigenvalue weighted by molar-refractivity contribution is 7.22. The van der Waals surface area contributed by atoms with Crippen LogP contribution < -0.4 is 5.32 Å². The molecule has 0 aliphatic rings. The van der Waals surface area contributed by atoms with Gasteiger partial charge in [0, 0.05) is 11.8 Å². The average Bonchev–Trinajstić information content (AvgIpc) is 2.96. The van der Waals surface area contributed by atoms with Gasteiger partial charge in [0.05, 0.1) is 4.88 Å². The molecule has 3 rings (SSSR count). The van der Waals surface area contributed by atoms with Gasteiger partial charge in [0.25, 0.3) is 0 Å². The Morgan fingerprint density at radius 1 is 1.26 bits per heavy atom. The van der Waals surface area contributed by atoms with E-state index in [0.717, 1.165) is 15.6 Å². The van der Waals surface area contributed by atoms with Crippen LogP contribution >= 0.6 is 34.3 Å². The SMILES string of the molecule is Cc1cc(Nc2nnc(-c3cccs3)s2)nc(Cl)n1. The fourth-order valence-corrected chi connectivity index (χ4v) is 3.25. The first-order valence-corrected chi connectivity index (χ1v) is 7.44. The molecule has 0 amide bonds. The van der Waals surface area contributed by atoms with Gasteiger partial charge in [-0.2, -0.15) is 0 Å². The highest BCUT2D eigenvalue weighted by atomic mass is 35.5. The molecular formula is C11H8ClN5S2. The maximum Gasteiger partial charge on any atom is 0.224 e. The van der Waals surface area contributed by atoms with Gasteiger partial charge in [0.2, 0.25) is 10.4 Å². The van der Waals surface area contributed by atoms with Gasteiger partial charge >= 0.3 is 0 Å². The third-order valence-electron chi connectivity index (χ3n) is 2.22. The average molecular weight is 310 g/mol. The molecule has 0 atom stereocenters. The summed E-state index contributed by atoms with van der Waals surface area (Å²) in [5.41, 5.74) is 0.797. The molecule has 3 aromatic heterocycles. The van der Waals surface area contributed by atoms with Crippen LogP contribution in [0.15, 0.2) is 23.6 Å². The maximum atomic E-state index is 5.81. The summed E-state index contributed by atoms with van der Waals surface area (Å²) < 4.78 is 0. The highest BCUT2D eigenvalue weighted by Crippen LogP contribution is 2.30. The van der Waals surface area contributed by atoms with E-state index in [1.54, 1.807) is 17.4 Å². The molecule has 8 heteroatoms. The van der Waals surface area contributed by atoms with Crippen molar-refractivity contribution in [3.63, 3.8) is 0 Å². The van der Waals surface area contributed by atoms with Crippen LogP contribution in [0.25, 0.3) is 9.88 Å². The summed E-state index contributed by atoms with van der Waals surface area (Å²) >= 11 is 8.91. The smallest absolute Gasteiger partial charge is 0.224 e. The summed E-state index contributed by atoms with van der Waals surface area (Å²) in [6.07, 6.45) is 0. The van der Waals surface area contributed by atoms with Crippen molar-refractivity contribution in [1.82, 2.24) is 20.2 Å². The number of halogens is 1. The zero-order valence-corrected chi connectivity index (χ0v) is 12.2. The Labute approximate surface area is 122 Å². The maximum absolute atomic E-state index is 5.81. The predicted octanol–water partition coefficient (Wildman–Crippen LogP) is 3.76. The molecule has 0 fully saturated rings. The van der Waals surface area contributed by atoms with Crippen LogP contribution in [-0.2, 0) is 0 Å². The van der Waals surface area contributed by atoms with Crippen molar-refractivity contribution in [2.75, 3.05) is 5.32 Å². The summed E-state index contributed by atoms with van der Waals surface area (Å²) in [6.45, 7) is 1.86. The van der Waals surface area contributed by atoms with Gasteiger partial charge in [0.1, 0.15) is 5.82 Å². The Hall–Kier alpha value is -1.57. The van der Waals surface area contributed by atoms with E-state index in [0.29, 0.717) is 10.9 Å². The van der Waals surface area contributed by atoms with Gasteiger partial charge in [-0.05, 0) is 30.0 Å². The summed E-state index contributed by atoms with van der Waals surface area (Å²) in [7, 11) is 0. The van der Waals surface area contributed by atoms with Crippen LogP contribution in [0.4, 0.5) is 10.9 Å². The van der Waals surface area contributed by atoms with E-state index in [-0.39, 0.29) is 5.28 Å². The van der Waals surface area contributed by atoms with Crippen LogP contribution in [0, 0.1) is 6.92 Å². The van der Waals surface area contributed by atoms with Gasteiger partial charge in [0.15, 0.2) is 5.01 Å². The first-order chi connectivity index (χ1) is 9.20. The molecule has 0 aliphatic carbocycles. The van der Waals surface area contributed by atoms with Crippen molar-refractivity contribution < 1.29 is 0 Å². The van der Waals surface area contributed by atoms with Crippen molar-refractivity contribution in [2.45, 2.75) is 6.92 Å². The molecule has 3 aromatic rings. The number of aromatic nitrogens is 4. The first-order valence-electron chi connectivity index (χ1n) is 5.36. The summed E-state index contributed by atoms with van der Waals surface area (Å²) in [6, 6.07) is 5.81. The predicted molar refractivity (Wildman–Crippen MR) is 78.3 cm³/mol. The van der Waals surface area contributed by atoms with Crippen molar-refractivity contribution in [3.8, 4) is 9.88 Å². The fourth-order valence-electron chi connectivity index (χ4n) is 1.48. The van der Waals surface area contributed by atoms with Crippen molar-refractivity contribution in [2.24, 2.45) is 0 Å². The number of rotatable bonds is 3. The van der Waals surface area contributed by atoms with Crippen LogP contribution in [0.2, 0.25) is 5.28 Å². The monoisotopic (exact) mass is 309 g/mol. The quantitative estimate of drug-likeness (QED) is 0.746. The standard InChI is InChI=1S/C11H8ClN5S2/c1-6-5-8(14-10(12)13-6)15-11-17-16-9(19-11)7-3-2-4-18-7/h2-5H,1H3,(H,13,14,15,17). The molecule has 0 unspecified atom stereocenters. The molecule has 0 aliphatic heterocycles. The van der Waals surface area contributed by atoms with Crippen LogP contribution in [0.5, 0.6) is 0 Å². The Bertz CT molecular complexity index is 675. The molecule has 96 valence electrons. The zero-order valence-electron chi connectivity index (χ0n) is 9.79. The van der Waals surface area contributed by atoms with Gasteiger partial charge < -0.3 is 5.32 Å². The second-order valence-corrected chi connectivity index (χ2v) is 5.94. The van der Waals surface area contributed by atoms with E-state index in [1.165, 1.54) is 11.3 Å². The molecule has 0 saturated heterocycles. The number of anilines is 2. The second-order valence-electron chi connectivity index (χ2n) is 3.68. The van der Waals surface area contributed by atoms with Crippen molar-refractivity contribution >= 4 is 45.2 Å². The van der Waals surface area contributed by atoms with Gasteiger partial charge in [-0.1, -0.05) is 17.4 Å². The summed E-state index contributed by atoms with van der Waals surface area (Å²) in [5, 5.41) is 15.1. The zero-order chi connectivity index (χ0) is 13.2. The number of thiophene rings is 1. The van der Waals surface area contributed by atoms with E-state index in [2.05, 4.69) is 25.5 Å². The number of nitrogens with one attached hydrogen (secondary N) is 1. The van der Waals surface area contributed by atoms with Gasteiger partial charge in [-0.3, -0.25) is 0 Å². The third kappa shape index (κ3) is 2.89. The molecule has 1 N–H and O–H groups in total. The van der Waals surface area contributed by atoms with Crippen molar-refractivity contribution in [1.29, 1.82) is 0 Å². The Balaban J connectivity index is 1.84. The number of hydrogen-bond acceptors (Lipinski definition) is 7. The normalized spacial score (nSPS) is 10.6. The van der Waals surface area contributed by atoms with Crippen LogP contribution in [-0.4, -0.2) is 20.2 Å². The van der Waals surface area contributed by atoms with Crippen molar-refractivity contribution in [3.05, 3.63) is 34.6 Å². The minimum Gasteiger partial charge on any atom is -0.315 e. The summed E-state index contributed by atoms with van der Waals surface area (Å²) in [4.78, 5) is 9.19. The second kappa shape index (κ2) is 5.20. The lowest BCUT2D eigenvalue weighted by molar-refractivity contribution is 1.08. The van der Waals surface area contributed by atoms with Gasteiger partial charge in [-0.15, -0.1) is 21.5 Å². The lowest BCUT2D eigenvalue weighted by Gasteiger charge is -2.01. The molecule has 0 aromatic carbocycles. The molecule has 0 bridgehead atoms. The van der Waals surface area contributed by atoms with E-state index < -0.39 is 0 Å². The van der Waals surface area contributed by atoms with Crippen LogP contribution in [0.3, 0.4) is 0 Å². The van der Waals surface area contributed by atoms with E-state index in [9.17, 15) is 0 Å². The molecule has 3 heterocycles. The lowest BCUT2D eigenvalue weighted by atomic mass is 10.4. The van der Waals surface area contributed by atoms with E-state index >= 15 is 0 Å². The molecule has 5 nitrogen and oxygen atoms in total. The van der Waals surface area contributed by atoms with Crippen LogP contribution in [0.1, 0.15) is 5.69 Å².